The van der Waals surface area contributed by atoms with E-state index in [2.05, 4.69) is 4.99 Å². The summed E-state index contributed by atoms with van der Waals surface area (Å²) in [6, 6.07) is 2.11. The van der Waals surface area contributed by atoms with Crippen LogP contribution < -0.4 is 0 Å². The largest absolute Gasteiger partial charge is 0.235 e. The summed E-state index contributed by atoms with van der Waals surface area (Å²) in [4.78, 5) is 12.9. The number of hydrogen-bond acceptors (Lipinski definition) is 2. The topological polar surface area (TPSA) is 29.4 Å². The maximum absolute atomic E-state index is 13.0. The maximum atomic E-state index is 13.0. The fraction of sp³-hybridized carbons (Fsp3) is 0.222. The zero-order valence-electron chi connectivity index (χ0n) is 6.97. The molecule has 0 unspecified atom stereocenters. The van der Waals surface area contributed by atoms with Gasteiger partial charge in [-0.1, -0.05) is 0 Å². The van der Waals surface area contributed by atoms with E-state index >= 15 is 0 Å². The van der Waals surface area contributed by atoms with Gasteiger partial charge in [0.25, 0.3) is 0 Å². The number of aryl methyl sites for hydroxylation is 1. The minimum atomic E-state index is -0.557. The summed E-state index contributed by atoms with van der Waals surface area (Å²) < 4.78 is 25.9. The molecule has 13 heavy (non-hydrogen) atoms. The Kier molecular flexibility index (Phi) is 2.88. The number of halogens is 2. The van der Waals surface area contributed by atoms with E-state index in [9.17, 15) is 13.6 Å². The van der Waals surface area contributed by atoms with Crippen molar-refractivity contribution in [1.29, 1.82) is 0 Å². The van der Waals surface area contributed by atoms with Crippen LogP contribution in [0.25, 0.3) is 0 Å². The Morgan fingerprint density at radius 3 is 2.69 bits per heavy atom. The molecular formula is C9H7F2NO. The fourth-order valence-corrected chi connectivity index (χ4v) is 0.926. The fourth-order valence-electron chi connectivity index (χ4n) is 0.926. The molecule has 0 aliphatic carbocycles. The van der Waals surface area contributed by atoms with Crippen LogP contribution in [0.5, 0.6) is 0 Å². The van der Waals surface area contributed by atoms with Crippen molar-refractivity contribution in [2.45, 2.75) is 13.5 Å². The summed E-state index contributed by atoms with van der Waals surface area (Å²) in [5.74, 6) is -1.06. The predicted octanol–water partition coefficient (Wildman–Crippen LogP) is 2.11. The van der Waals surface area contributed by atoms with Crippen molar-refractivity contribution in [3.8, 4) is 0 Å². The van der Waals surface area contributed by atoms with Crippen LogP contribution in [-0.2, 0) is 11.3 Å². The van der Waals surface area contributed by atoms with E-state index in [-0.39, 0.29) is 17.7 Å². The molecule has 0 aliphatic heterocycles. The van der Waals surface area contributed by atoms with Crippen LogP contribution in [0.4, 0.5) is 8.78 Å². The van der Waals surface area contributed by atoms with Crippen molar-refractivity contribution in [1.82, 2.24) is 0 Å². The van der Waals surface area contributed by atoms with E-state index in [1.807, 2.05) is 0 Å². The molecule has 0 aliphatic rings. The SMILES string of the molecule is Cc1cc(F)c(CN=C=O)cc1F. The number of aliphatic imine (C=N–C) groups is 1. The van der Waals surface area contributed by atoms with Gasteiger partial charge in [0.15, 0.2) is 0 Å². The normalized spacial score (nSPS) is 9.46. The first-order chi connectivity index (χ1) is 6.15. The van der Waals surface area contributed by atoms with Gasteiger partial charge in [-0.2, -0.15) is 0 Å². The van der Waals surface area contributed by atoms with Gasteiger partial charge in [0.1, 0.15) is 11.6 Å². The molecule has 1 aromatic carbocycles. The van der Waals surface area contributed by atoms with E-state index in [0.29, 0.717) is 0 Å². The van der Waals surface area contributed by atoms with E-state index < -0.39 is 11.6 Å². The lowest BCUT2D eigenvalue weighted by atomic mass is 10.1. The Hall–Kier alpha value is -1.54. The van der Waals surface area contributed by atoms with E-state index in [1.54, 1.807) is 0 Å². The molecule has 0 heterocycles. The number of isocyanates is 1. The van der Waals surface area contributed by atoms with Gasteiger partial charge in [-0.25, -0.2) is 18.6 Å². The molecule has 4 heteroatoms. The van der Waals surface area contributed by atoms with Gasteiger partial charge in [0.2, 0.25) is 6.08 Å². The first-order valence-electron chi connectivity index (χ1n) is 3.63. The van der Waals surface area contributed by atoms with Gasteiger partial charge >= 0.3 is 0 Å². The van der Waals surface area contributed by atoms with E-state index in [1.165, 1.54) is 13.0 Å². The maximum Gasteiger partial charge on any atom is 0.235 e. The third kappa shape index (κ3) is 2.20. The minimum Gasteiger partial charge on any atom is -0.211 e. The highest BCUT2D eigenvalue weighted by Crippen LogP contribution is 2.14. The molecule has 0 atom stereocenters. The van der Waals surface area contributed by atoms with Crippen molar-refractivity contribution in [2.24, 2.45) is 4.99 Å². The van der Waals surface area contributed by atoms with Gasteiger partial charge in [-0.3, -0.25) is 0 Å². The third-order valence-electron chi connectivity index (χ3n) is 1.64. The monoisotopic (exact) mass is 183 g/mol. The highest BCUT2D eigenvalue weighted by molar-refractivity contribution is 5.34. The van der Waals surface area contributed by atoms with Gasteiger partial charge in [0.05, 0.1) is 6.54 Å². The summed E-state index contributed by atoms with van der Waals surface area (Å²) >= 11 is 0. The van der Waals surface area contributed by atoms with Gasteiger partial charge in [-0.15, -0.1) is 0 Å². The zero-order valence-corrected chi connectivity index (χ0v) is 6.97. The zero-order chi connectivity index (χ0) is 9.84. The lowest BCUT2D eigenvalue weighted by molar-refractivity contribution is 0.560. The lowest BCUT2D eigenvalue weighted by Gasteiger charge is -2.01. The average molecular weight is 183 g/mol. The molecule has 0 amide bonds. The second-order valence-corrected chi connectivity index (χ2v) is 2.60. The number of carbonyl (C=O) groups excluding carboxylic acids is 1. The molecule has 1 rings (SSSR count). The Balaban J connectivity index is 3.07. The molecule has 0 fully saturated rings. The van der Waals surface area contributed by atoms with Crippen molar-refractivity contribution < 1.29 is 13.6 Å². The minimum absolute atomic E-state index is 0.0615. The summed E-state index contributed by atoms with van der Waals surface area (Å²) in [6.07, 6.45) is 1.26. The first kappa shape index (κ1) is 9.55. The second-order valence-electron chi connectivity index (χ2n) is 2.60. The summed E-state index contributed by atoms with van der Waals surface area (Å²) in [6.45, 7) is 1.29. The van der Waals surface area contributed by atoms with Crippen LogP contribution >= 0.6 is 0 Å². The molecule has 1 aromatic rings. The number of benzene rings is 1. The van der Waals surface area contributed by atoms with Gasteiger partial charge in [0, 0.05) is 5.56 Å². The summed E-state index contributed by atoms with van der Waals surface area (Å²) in [5, 5.41) is 0. The quantitative estimate of drug-likeness (QED) is 0.510. The van der Waals surface area contributed by atoms with Crippen molar-refractivity contribution in [3.05, 3.63) is 34.9 Å². The van der Waals surface area contributed by atoms with Crippen LogP contribution in [0, 0.1) is 18.6 Å². The van der Waals surface area contributed by atoms with Crippen LogP contribution in [0.15, 0.2) is 17.1 Å². The molecule has 0 spiro atoms. The molecule has 2 nitrogen and oxygen atoms in total. The first-order valence-corrected chi connectivity index (χ1v) is 3.63. The smallest absolute Gasteiger partial charge is 0.211 e. The van der Waals surface area contributed by atoms with E-state index in [4.69, 9.17) is 0 Å². The molecule has 68 valence electrons. The van der Waals surface area contributed by atoms with Crippen LogP contribution in [0.3, 0.4) is 0 Å². The molecule has 0 aromatic heterocycles. The van der Waals surface area contributed by atoms with Crippen molar-refractivity contribution >= 4 is 6.08 Å². The van der Waals surface area contributed by atoms with Gasteiger partial charge < -0.3 is 0 Å². The van der Waals surface area contributed by atoms with Crippen LogP contribution in [0.2, 0.25) is 0 Å². The molecule has 0 saturated carbocycles. The van der Waals surface area contributed by atoms with Crippen molar-refractivity contribution in [3.63, 3.8) is 0 Å². The Labute approximate surface area is 73.9 Å². The Morgan fingerprint density at radius 2 is 2.08 bits per heavy atom. The highest BCUT2D eigenvalue weighted by atomic mass is 19.1. The molecule has 0 bridgehead atoms. The van der Waals surface area contributed by atoms with Crippen LogP contribution in [-0.4, -0.2) is 6.08 Å². The highest BCUT2D eigenvalue weighted by Gasteiger charge is 2.05. The van der Waals surface area contributed by atoms with E-state index in [0.717, 1.165) is 12.1 Å². The summed E-state index contributed by atoms with van der Waals surface area (Å²) in [5.41, 5.74) is 0.294. The Morgan fingerprint density at radius 1 is 1.38 bits per heavy atom. The van der Waals surface area contributed by atoms with Crippen molar-refractivity contribution in [2.75, 3.05) is 0 Å². The second kappa shape index (κ2) is 3.92. The molecular weight excluding hydrogens is 176 g/mol. The molecule has 0 N–H and O–H groups in total. The molecule has 0 saturated heterocycles. The number of rotatable bonds is 2. The summed E-state index contributed by atoms with van der Waals surface area (Å²) in [7, 11) is 0. The lowest BCUT2D eigenvalue weighted by Crippen LogP contribution is -1.93. The number of hydrogen-bond donors (Lipinski definition) is 0. The standard InChI is InChI=1S/C9H7F2NO/c1-6-2-9(11)7(3-8(6)10)4-12-5-13/h2-3H,4H2,1H3. The predicted molar refractivity (Wildman–Crippen MR) is 42.9 cm³/mol. The Bertz CT molecular complexity index is 370. The molecule has 0 radical (unpaired) electrons. The van der Waals surface area contributed by atoms with Crippen LogP contribution in [0.1, 0.15) is 11.1 Å². The van der Waals surface area contributed by atoms with Gasteiger partial charge in [-0.05, 0) is 24.6 Å². The third-order valence-corrected chi connectivity index (χ3v) is 1.64. The average Bonchev–Trinajstić information content (AvgIpc) is 2.09. The number of nitrogens with zero attached hydrogens (tertiary/aromatic N) is 1.